The number of methoxy groups -OCH3 is 1. The molecule has 2 N–H and O–H groups in total. The summed E-state index contributed by atoms with van der Waals surface area (Å²) in [4.78, 5) is 12.9. The molecule has 0 amide bonds. The van der Waals surface area contributed by atoms with E-state index in [1.54, 1.807) is 31.4 Å². The molecule has 88 valence electrons. The van der Waals surface area contributed by atoms with Crippen molar-refractivity contribution in [1.82, 2.24) is 0 Å². The zero-order chi connectivity index (χ0) is 12.4. The molecule has 0 aliphatic heterocycles. The van der Waals surface area contributed by atoms with Gasteiger partial charge in [-0.3, -0.25) is 4.79 Å². The number of nitrogens with two attached hydrogens (primary N) is 1. The molecule has 1 heterocycles. The lowest BCUT2D eigenvalue weighted by Crippen LogP contribution is -2.05. The molecule has 0 spiro atoms. The largest absolute Gasteiger partial charge is 0.495 e. The fourth-order valence-electron chi connectivity index (χ4n) is 1.65. The summed E-state index contributed by atoms with van der Waals surface area (Å²) in [7, 11) is 1.56. The minimum Gasteiger partial charge on any atom is -0.495 e. The Hall–Kier alpha value is -1.81. The zero-order valence-electron chi connectivity index (χ0n) is 9.69. The van der Waals surface area contributed by atoms with E-state index in [9.17, 15) is 4.79 Å². The van der Waals surface area contributed by atoms with Crippen LogP contribution in [0, 0.1) is 6.92 Å². The number of rotatable bonds is 3. The van der Waals surface area contributed by atoms with Crippen molar-refractivity contribution in [2.24, 2.45) is 0 Å². The van der Waals surface area contributed by atoms with Crippen molar-refractivity contribution in [3.8, 4) is 5.75 Å². The molecule has 3 nitrogen and oxygen atoms in total. The number of ketones is 1. The van der Waals surface area contributed by atoms with Crippen molar-refractivity contribution in [3.63, 3.8) is 0 Å². The third-order valence-electron chi connectivity index (χ3n) is 2.68. The summed E-state index contributed by atoms with van der Waals surface area (Å²) in [5.41, 5.74) is 7.88. The average Bonchev–Trinajstić information content (AvgIpc) is 2.80. The summed E-state index contributed by atoms with van der Waals surface area (Å²) in [5.74, 6) is 0.573. The Labute approximate surface area is 104 Å². The topological polar surface area (TPSA) is 52.3 Å². The minimum absolute atomic E-state index is 0.0401. The standard InChI is InChI=1S/C13H13NO2S/c1-8-9(4-3-5-10(8)14)12(15)13-11(16-2)6-7-17-13/h3-7H,14H2,1-2H3. The minimum atomic E-state index is -0.0401. The number of thiophene rings is 1. The van der Waals surface area contributed by atoms with Crippen molar-refractivity contribution in [1.29, 1.82) is 0 Å². The maximum absolute atomic E-state index is 12.3. The molecule has 0 fully saturated rings. The number of carbonyl (C=O) groups is 1. The third kappa shape index (κ3) is 2.03. The highest BCUT2D eigenvalue weighted by Gasteiger charge is 2.18. The molecule has 4 heteroatoms. The first-order valence-electron chi connectivity index (χ1n) is 5.16. The first kappa shape index (κ1) is 11.7. The number of nitrogen functional groups attached to an aromatic ring is 1. The number of hydrogen-bond acceptors (Lipinski definition) is 4. The molecule has 0 aliphatic carbocycles. The Bertz CT molecular complexity index is 560. The van der Waals surface area contributed by atoms with Gasteiger partial charge in [0.15, 0.2) is 0 Å². The predicted molar refractivity (Wildman–Crippen MR) is 69.9 cm³/mol. The highest BCUT2D eigenvalue weighted by molar-refractivity contribution is 7.12. The lowest BCUT2D eigenvalue weighted by Gasteiger charge is -2.07. The van der Waals surface area contributed by atoms with E-state index >= 15 is 0 Å². The number of hydrogen-bond donors (Lipinski definition) is 1. The monoisotopic (exact) mass is 247 g/mol. The Kier molecular flexibility index (Phi) is 3.15. The van der Waals surface area contributed by atoms with Gasteiger partial charge in [-0.1, -0.05) is 12.1 Å². The summed E-state index contributed by atoms with van der Waals surface area (Å²) in [5, 5.41) is 1.84. The van der Waals surface area contributed by atoms with Gasteiger partial charge >= 0.3 is 0 Å². The molecule has 0 atom stereocenters. The van der Waals surface area contributed by atoms with Crippen molar-refractivity contribution < 1.29 is 9.53 Å². The van der Waals surface area contributed by atoms with Crippen molar-refractivity contribution in [2.45, 2.75) is 6.92 Å². The van der Waals surface area contributed by atoms with Crippen LogP contribution in [0.4, 0.5) is 5.69 Å². The second-order valence-corrected chi connectivity index (χ2v) is 4.58. The molecule has 1 aromatic heterocycles. The number of ether oxygens (including phenoxy) is 1. The van der Waals surface area contributed by atoms with Crippen LogP contribution in [0.25, 0.3) is 0 Å². The molecule has 2 rings (SSSR count). The second-order valence-electron chi connectivity index (χ2n) is 3.67. The van der Waals surface area contributed by atoms with Gasteiger partial charge in [-0.2, -0.15) is 0 Å². The quantitative estimate of drug-likeness (QED) is 0.670. The van der Waals surface area contributed by atoms with Gasteiger partial charge in [-0.25, -0.2) is 0 Å². The molecular weight excluding hydrogens is 234 g/mol. The van der Waals surface area contributed by atoms with Gasteiger partial charge in [-0.05, 0) is 30.0 Å². The number of carbonyl (C=O) groups excluding carboxylic acids is 1. The van der Waals surface area contributed by atoms with Gasteiger partial charge in [0.25, 0.3) is 0 Å². The number of benzene rings is 1. The zero-order valence-corrected chi connectivity index (χ0v) is 10.5. The van der Waals surface area contributed by atoms with E-state index in [-0.39, 0.29) is 5.78 Å². The van der Waals surface area contributed by atoms with Crippen molar-refractivity contribution >= 4 is 22.8 Å². The second kappa shape index (κ2) is 4.59. The molecule has 17 heavy (non-hydrogen) atoms. The van der Waals surface area contributed by atoms with Crippen LogP contribution >= 0.6 is 11.3 Å². The maximum Gasteiger partial charge on any atom is 0.207 e. The fourth-order valence-corrected chi connectivity index (χ4v) is 2.46. The Morgan fingerprint density at radius 2 is 2.12 bits per heavy atom. The van der Waals surface area contributed by atoms with Crippen LogP contribution < -0.4 is 10.5 Å². The van der Waals surface area contributed by atoms with Gasteiger partial charge in [-0.15, -0.1) is 11.3 Å². The molecule has 2 aromatic rings. The van der Waals surface area contributed by atoms with Crippen molar-refractivity contribution in [3.05, 3.63) is 45.6 Å². The molecule has 0 radical (unpaired) electrons. The van der Waals surface area contributed by atoms with Crippen LogP contribution in [0.5, 0.6) is 5.75 Å². The normalized spacial score (nSPS) is 10.2. The Morgan fingerprint density at radius 1 is 1.35 bits per heavy atom. The molecule has 0 saturated carbocycles. The van der Waals surface area contributed by atoms with Crippen LogP contribution in [-0.4, -0.2) is 12.9 Å². The summed E-state index contributed by atoms with van der Waals surface area (Å²) in [6.45, 7) is 1.85. The number of anilines is 1. The Balaban J connectivity index is 2.48. The van der Waals surface area contributed by atoms with Crippen LogP contribution in [0.2, 0.25) is 0 Å². The first-order chi connectivity index (χ1) is 8.15. The van der Waals surface area contributed by atoms with E-state index < -0.39 is 0 Å². The predicted octanol–water partition coefficient (Wildman–Crippen LogP) is 2.88. The summed E-state index contributed by atoms with van der Waals surface area (Å²) in [6, 6.07) is 7.15. The van der Waals surface area contributed by atoms with Crippen LogP contribution in [0.3, 0.4) is 0 Å². The van der Waals surface area contributed by atoms with E-state index in [4.69, 9.17) is 10.5 Å². The van der Waals surface area contributed by atoms with Gasteiger partial charge in [0.05, 0.1) is 7.11 Å². The van der Waals surface area contributed by atoms with E-state index in [1.807, 2.05) is 12.3 Å². The van der Waals surface area contributed by atoms with Crippen LogP contribution in [-0.2, 0) is 0 Å². The van der Waals surface area contributed by atoms with Gasteiger partial charge in [0.1, 0.15) is 10.6 Å². The lowest BCUT2D eigenvalue weighted by atomic mass is 10.0. The first-order valence-corrected chi connectivity index (χ1v) is 6.04. The maximum atomic E-state index is 12.3. The molecule has 0 saturated heterocycles. The average molecular weight is 247 g/mol. The van der Waals surface area contributed by atoms with E-state index in [0.717, 1.165) is 5.56 Å². The van der Waals surface area contributed by atoms with Crippen molar-refractivity contribution in [2.75, 3.05) is 12.8 Å². The smallest absolute Gasteiger partial charge is 0.207 e. The van der Waals surface area contributed by atoms with Gasteiger partial charge < -0.3 is 10.5 Å². The van der Waals surface area contributed by atoms with E-state index in [1.165, 1.54) is 11.3 Å². The molecule has 0 aliphatic rings. The molecule has 1 aromatic carbocycles. The Morgan fingerprint density at radius 3 is 2.82 bits per heavy atom. The molecule has 0 unspecified atom stereocenters. The summed E-state index contributed by atoms with van der Waals surface area (Å²) < 4.78 is 5.16. The highest BCUT2D eigenvalue weighted by atomic mass is 32.1. The fraction of sp³-hybridized carbons (Fsp3) is 0.154. The highest BCUT2D eigenvalue weighted by Crippen LogP contribution is 2.29. The summed E-state index contributed by atoms with van der Waals surface area (Å²) >= 11 is 1.38. The van der Waals surface area contributed by atoms with Gasteiger partial charge in [0.2, 0.25) is 5.78 Å². The molecule has 0 bridgehead atoms. The SMILES string of the molecule is COc1ccsc1C(=O)c1cccc(N)c1C. The summed E-state index contributed by atoms with van der Waals surface area (Å²) in [6.07, 6.45) is 0. The van der Waals surface area contributed by atoms with Crippen LogP contribution in [0.15, 0.2) is 29.6 Å². The van der Waals surface area contributed by atoms with Crippen LogP contribution in [0.1, 0.15) is 20.8 Å². The van der Waals surface area contributed by atoms with E-state index in [0.29, 0.717) is 21.9 Å². The lowest BCUT2D eigenvalue weighted by molar-refractivity contribution is 0.103. The van der Waals surface area contributed by atoms with E-state index in [2.05, 4.69) is 0 Å². The third-order valence-corrected chi connectivity index (χ3v) is 3.57. The molecular formula is C13H13NO2S. The van der Waals surface area contributed by atoms with Gasteiger partial charge in [0, 0.05) is 11.3 Å².